The molecule has 3 nitrogen and oxygen atoms in total. The van der Waals surface area contributed by atoms with Gasteiger partial charge in [-0.15, -0.1) is 0 Å². The predicted molar refractivity (Wildman–Crippen MR) is 242 cm³/mol. The van der Waals surface area contributed by atoms with Crippen molar-refractivity contribution < 1.29 is 0 Å². The van der Waals surface area contributed by atoms with E-state index in [1.54, 1.807) is 0 Å². The van der Waals surface area contributed by atoms with E-state index in [9.17, 15) is 0 Å². The molecule has 3 heteroatoms. The van der Waals surface area contributed by atoms with Crippen LogP contribution >= 0.6 is 0 Å². The smallest absolute Gasteiger partial charge is 0.0795 e. The number of hydrogen-bond donors (Lipinski definition) is 0. The third kappa shape index (κ3) is 4.43. The summed E-state index contributed by atoms with van der Waals surface area (Å²) in [5.74, 6) is 0. The van der Waals surface area contributed by atoms with E-state index >= 15 is 0 Å². The molecule has 0 spiro atoms. The van der Waals surface area contributed by atoms with Crippen LogP contribution in [0.1, 0.15) is 51.7 Å². The lowest BCUT2D eigenvalue weighted by Gasteiger charge is -2.42. The van der Waals surface area contributed by atoms with Crippen molar-refractivity contribution in [1.82, 2.24) is 13.7 Å². The number of fused-ring (bicyclic) bond motifs is 14. The molecule has 3 heterocycles. The maximum atomic E-state index is 2.59. The molecule has 0 saturated heterocycles. The monoisotopic (exact) mass is 733 g/mol. The fourth-order valence-electron chi connectivity index (χ4n) is 10.6. The number of benzene rings is 8. The van der Waals surface area contributed by atoms with E-state index in [0.29, 0.717) is 0 Å². The van der Waals surface area contributed by atoms with Gasteiger partial charge in [-0.1, -0.05) is 131 Å². The Kier molecular flexibility index (Phi) is 6.58. The third-order valence-electron chi connectivity index (χ3n) is 13.4. The molecule has 11 aromatic rings. The summed E-state index contributed by atoms with van der Waals surface area (Å²) in [5, 5.41) is 10.3. The van der Waals surface area contributed by atoms with E-state index in [0.717, 1.165) is 11.4 Å². The first-order valence-electron chi connectivity index (χ1n) is 20.4. The van der Waals surface area contributed by atoms with Gasteiger partial charge in [0.1, 0.15) is 0 Å². The third-order valence-corrected chi connectivity index (χ3v) is 13.4. The molecule has 1 aliphatic carbocycles. The Balaban J connectivity index is 1.29. The minimum atomic E-state index is 0.0799. The van der Waals surface area contributed by atoms with Gasteiger partial charge in [-0.05, 0) is 106 Å². The average Bonchev–Trinajstić information content (AvgIpc) is 3.89. The van der Waals surface area contributed by atoms with Gasteiger partial charge < -0.3 is 13.7 Å². The van der Waals surface area contributed by atoms with E-state index in [2.05, 4.69) is 205 Å². The first kappa shape index (κ1) is 32.6. The van der Waals surface area contributed by atoms with E-state index in [-0.39, 0.29) is 10.8 Å². The van der Waals surface area contributed by atoms with Crippen molar-refractivity contribution in [1.29, 1.82) is 0 Å². The number of nitrogens with zero attached hydrogens (tertiary/aromatic N) is 3. The van der Waals surface area contributed by atoms with Crippen LogP contribution in [0, 0.1) is 0 Å². The lowest BCUT2D eigenvalue weighted by Crippen LogP contribution is -2.33. The molecule has 3 aromatic heterocycles. The molecule has 0 atom stereocenters. The lowest BCUT2D eigenvalue weighted by atomic mass is 9.63. The maximum Gasteiger partial charge on any atom is 0.0795 e. The maximum absolute atomic E-state index is 2.59. The van der Waals surface area contributed by atoms with Gasteiger partial charge in [-0.2, -0.15) is 0 Å². The van der Waals surface area contributed by atoms with Crippen LogP contribution in [0.25, 0.3) is 93.3 Å². The summed E-state index contributed by atoms with van der Waals surface area (Å²) in [7, 11) is 0. The Bertz CT molecular complexity index is 3410. The molecule has 0 saturated carbocycles. The Hall–Kier alpha value is -6.58. The van der Waals surface area contributed by atoms with Crippen molar-refractivity contribution in [3.05, 3.63) is 175 Å². The molecule has 8 aromatic carbocycles. The van der Waals surface area contributed by atoms with Gasteiger partial charge >= 0.3 is 0 Å². The summed E-state index contributed by atoms with van der Waals surface area (Å²) in [6.45, 7) is 9.78. The Labute approximate surface area is 332 Å². The predicted octanol–water partition coefficient (Wildman–Crippen LogP) is 14.5. The van der Waals surface area contributed by atoms with Crippen molar-refractivity contribution in [2.75, 3.05) is 0 Å². The van der Waals surface area contributed by atoms with Crippen molar-refractivity contribution >= 4 is 76.2 Å². The van der Waals surface area contributed by atoms with Crippen LogP contribution in [0.4, 0.5) is 0 Å². The highest BCUT2D eigenvalue weighted by atomic mass is 15.1. The van der Waals surface area contributed by atoms with Gasteiger partial charge in [0.15, 0.2) is 0 Å². The molecule has 12 rings (SSSR count). The summed E-state index contributed by atoms with van der Waals surface area (Å²) < 4.78 is 7.58. The van der Waals surface area contributed by atoms with Gasteiger partial charge in [-0.3, -0.25) is 0 Å². The van der Waals surface area contributed by atoms with Crippen molar-refractivity contribution in [2.45, 2.75) is 51.4 Å². The largest absolute Gasteiger partial charge is 0.309 e. The van der Waals surface area contributed by atoms with Crippen LogP contribution in [0.5, 0.6) is 0 Å². The fraction of sp³-hybridized carbons (Fsp3) is 0.148. The highest BCUT2D eigenvalue weighted by Gasteiger charge is 2.38. The second kappa shape index (κ2) is 11.5. The zero-order valence-corrected chi connectivity index (χ0v) is 32.8. The normalized spacial score (nSPS) is 15.2. The summed E-state index contributed by atoms with van der Waals surface area (Å²) in [6, 6.07) is 61.1. The molecule has 0 N–H and O–H groups in total. The molecule has 0 bridgehead atoms. The second-order valence-corrected chi connectivity index (χ2v) is 17.6. The number of rotatable bonds is 3. The summed E-state index contributed by atoms with van der Waals surface area (Å²) in [6.07, 6.45) is 2.35. The van der Waals surface area contributed by atoms with Gasteiger partial charge in [0.2, 0.25) is 0 Å². The minimum absolute atomic E-state index is 0.0799. The first-order valence-corrected chi connectivity index (χ1v) is 20.4. The molecule has 0 radical (unpaired) electrons. The molecule has 0 fully saturated rings. The Morgan fingerprint density at radius 1 is 0.333 bits per heavy atom. The van der Waals surface area contributed by atoms with Crippen LogP contribution in [-0.2, 0) is 10.8 Å². The van der Waals surface area contributed by atoms with E-state index in [1.807, 2.05) is 0 Å². The van der Waals surface area contributed by atoms with E-state index in [1.165, 1.54) is 106 Å². The van der Waals surface area contributed by atoms with Crippen molar-refractivity contribution in [3.63, 3.8) is 0 Å². The molecular weight excluding hydrogens is 691 g/mol. The highest BCUT2D eigenvalue weighted by molar-refractivity contribution is 6.36. The number of hydrogen-bond acceptors (Lipinski definition) is 0. The molecule has 274 valence electrons. The summed E-state index contributed by atoms with van der Waals surface area (Å²) in [5.41, 5.74) is 14.0. The van der Waals surface area contributed by atoms with Gasteiger partial charge in [0, 0.05) is 49.4 Å². The molecule has 57 heavy (non-hydrogen) atoms. The zero-order valence-electron chi connectivity index (χ0n) is 32.8. The van der Waals surface area contributed by atoms with Crippen LogP contribution in [-0.4, -0.2) is 13.7 Å². The minimum Gasteiger partial charge on any atom is -0.309 e. The fourth-order valence-corrected chi connectivity index (χ4v) is 10.6. The average molecular weight is 734 g/mol. The van der Waals surface area contributed by atoms with Crippen molar-refractivity contribution in [3.8, 4) is 17.1 Å². The lowest BCUT2D eigenvalue weighted by molar-refractivity contribution is 0.332. The van der Waals surface area contributed by atoms with E-state index in [4.69, 9.17) is 0 Å². The molecule has 0 aliphatic heterocycles. The van der Waals surface area contributed by atoms with Gasteiger partial charge in [-0.25, -0.2) is 0 Å². The van der Waals surface area contributed by atoms with Crippen LogP contribution in [0.15, 0.2) is 164 Å². The summed E-state index contributed by atoms with van der Waals surface area (Å²) in [4.78, 5) is 0. The SMILES string of the molecule is CC1(C)CCC(C)(C)c2cc3c(cc21)c1c2ccccc2c2c4ccccc4n(-c4cccc(-n5c6ccccc6c6ccccc65)c4)c2c1n3-c1ccccc1. The standard InChI is InChI=1S/C54H43N3/c1-53(2)29-30-54(3,4)44-33-48-42(32-43(44)53)50-40-24-9-8-23-39(40)49-41-25-12-15-28-47(41)57(51(49)52(50)56(48)34-17-6-5-7-18-34)36-20-16-19-35(31-36)55-45-26-13-10-21-37(45)38-22-11-14-27-46(38)55/h5-28,31-33H,29-30H2,1-4H3. The Morgan fingerprint density at radius 2 is 0.754 bits per heavy atom. The summed E-state index contributed by atoms with van der Waals surface area (Å²) >= 11 is 0. The van der Waals surface area contributed by atoms with Gasteiger partial charge in [0.25, 0.3) is 0 Å². The number of aromatic nitrogens is 3. The number of para-hydroxylation sites is 4. The Morgan fingerprint density at radius 3 is 1.35 bits per heavy atom. The van der Waals surface area contributed by atoms with Crippen LogP contribution < -0.4 is 0 Å². The zero-order chi connectivity index (χ0) is 38.2. The van der Waals surface area contributed by atoms with Crippen molar-refractivity contribution in [2.24, 2.45) is 0 Å². The van der Waals surface area contributed by atoms with Gasteiger partial charge in [0.05, 0.1) is 33.1 Å². The van der Waals surface area contributed by atoms with Crippen LogP contribution in [0.2, 0.25) is 0 Å². The second-order valence-electron chi connectivity index (χ2n) is 17.6. The van der Waals surface area contributed by atoms with E-state index < -0.39 is 0 Å². The molecular formula is C54H43N3. The quantitative estimate of drug-likeness (QED) is 0.172. The van der Waals surface area contributed by atoms with Crippen LogP contribution in [0.3, 0.4) is 0 Å². The molecule has 0 amide bonds. The highest BCUT2D eigenvalue weighted by Crippen LogP contribution is 2.51. The molecule has 1 aliphatic rings. The topological polar surface area (TPSA) is 14.8 Å². The first-order chi connectivity index (χ1) is 27.8. The molecule has 0 unspecified atom stereocenters.